The third-order valence-corrected chi connectivity index (χ3v) is 7.59. The summed E-state index contributed by atoms with van der Waals surface area (Å²) in [6.07, 6.45) is 15.5. The smallest absolute Gasteiger partial charge is 0.195 e. The van der Waals surface area contributed by atoms with Crippen LogP contribution in [-0.2, 0) is 9.78 Å². The predicted molar refractivity (Wildman–Crippen MR) is 102 cm³/mol. The molecule has 0 aromatic carbocycles. The Balaban J connectivity index is 2.17. The molecule has 24 heavy (non-hydrogen) atoms. The standard InChI is InChI=1S/C22H42O2/c1-7-9-11-13-19(3,4)21(20(5,6)14-12-10-8-2)15-17-22(18-16-21)23-24-22/h7-18H2,1-6H3. The molecule has 1 aliphatic carbocycles. The highest BCUT2D eigenvalue weighted by atomic mass is 17.4. The van der Waals surface area contributed by atoms with Crippen molar-refractivity contribution >= 4 is 0 Å². The van der Waals surface area contributed by atoms with E-state index in [1.165, 1.54) is 64.2 Å². The molecule has 0 aromatic heterocycles. The SMILES string of the molecule is CCCCCC(C)(C)C1(C(C)(C)CCCCC)CCC2(CC1)OO2. The van der Waals surface area contributed by atoms with Crippen LogP contribution in [0.5, 0.6) is 0 Å². The lowest BCUT2D eigenvalue weighted by Gasteiger charge is -2.59. The van der Waals surface area contributed by atoms with Gasteiger partial charge in [-0.1, -0.05) is 80.1 Å². The fraction of sp³-hybridized carbons (Fsp3) is 1.00. The first-order chi connectivity index (χ1) is 11.2. The molecule has 0 bridgehead atoms. The molecule has 142 valence electrons. The quantitative estimate of drug-likeness (QED) is 0.235. The Kier molecular flexibility index (Phi) is 6.46. The maximum absolute atomic E-state index is 5.35. The highest BCUT2D eigenvalue weighted by Gasteiger charge is 2.61. The van der Waals surface area contributed by atoms with Crippen LogP contribution in [0, 0.1) is 16.2 Å². The van der Waals surface area contributed by atoms with E-state index < -0.39 is 0 Å². The van der Waals surface area contributed by atoms with E-state index in [0.29, 0.717) is 16.2 Å². The highest BCUT2D eigenvalue weighted by Crippen LogP contribution is 2.66. The lowest BCUT2D eigenvalue weighted by Crippen LogP contribution is -2.52. The zero-order valence-electron chi connectivity index (χ0n) is 17.3. The first-order valence-corrected chi connectivity index (χ1v) is 10.6. The molecule has 0 aromatic rings. The second kappa shape index (κ2) is 7.66. The maximum Gasteiger partial charge on any atom is 0.234 e. The average molecular weight is 339 g/mol. The van der Waals surface area contributed by atoms with Crippen molar-refractivity contribution in [3.63, 3.8) is 0 Å². The molecule has 1 heterocycles. The van der Waals surface area contributed by atoms with Crippen molar-refractivity contribution in [2.75, 3.05) is 0 Å². The Hall–Kier alpha value is -0.0800. The van der Waals surface area contributed by atoms with Gasteiger partial charge in [0.15, 0.2) is 0 Å². The summed E-state index contributed by atoms with van der Waals surface area (Å²) in [5.74, 6) is -0.192. The molecule has 1 spiro atoms. The Morgan fingerprint density at radius 1 is 0.667 bits per heavy atom. The molecule has 2 fully saturated rings. The maximum atomic E-state index is 5.35. The van der Waals surface area contributed by atoms with Crippen LogP contribution in [0.1, 0.15) is 119 Å². The van der Waals surface area contributed by atoms with E-state index in [9.17, 15) is 0 Å². The lowest BCUT2D eigenvalue weighted by atomic mass is 9.45. The Bertz CT molecular complexity index is 359. The number of rotatable bonds is 10. The van der Waals surface area contributed by atoms with E-state index in [2.05, 4.69) is 41.5 Å². The average Bonchev–Trinajstić information content (AvgIpc) is 3.27. The van der Waals surface area contributed by atoms with Gasteiger partial charge in [-0.15, -0.1) is 0 Å². The van der Waals surface area contributed by atoms with Gasteiger partial charge < -0.3 is 0 Å². The molecule has 0 N–H and O–H groups in total. The highest BCUT2D eigenvalue weighted by molar-refractivity contribution is 5.06. The second-order valence-corrected chi connectivity index (χ2v) is 9.84. The van der Waals surface area contributed by atoms with Crippen molar-refractivity contribution in [2.24, 2.45) is 16.2 Å². The normalized spacial score (nSPS) is 22.8. The molecule has 0 unspecified atom stereocenters. The first-order valence-electron chi connectivity index (χ1n) is 10.6. The summed E-state index contributed by atoms with van der Waals surface area (Å²) >= 11 is 0. The van der Waals surface area contributed by atoms with Crippen LogP contribution >= 0.6 is 0 Å². The number of unbranched alkanes of at least 4 members (excludes halogenated alkanes) is 4. The summed E-state index contributed by atoms with van der Waals surface area (Å²) < 4.78 is 0. The van der Waals surface area contributed by atoms with Crippen LogP contribution in [0.2, 0.25) is 0 Å². The molecule has 1 saturated heterocycles. The van der Waals surface area contributed by atoms with E-state index >= 15 is 0 Å². The zero-order valence-corrected chi connectivity index (χ0v) is 17.3. The fourth-order valence-corrected chi connectivity index (χ4v) is 5.67. The van der Waals surface area contributed by atoms with Crippen molar-refractivity contribution in [1.29, 1.82) is 0 Å². The van der Waals surface area contributed by atoms with Gasteiger partial charge in [-0.2, -0.15) is 9.78 Å². The molecule has 0 radical (unpaired) electrons. The molecular formula is C22H42O2. The third kappa shape index (κ3) is 4.01. The Morgan fingerprint density at radius 2 is 1.08 bits per heavy atom. The molecule has 2 nitrogen and oxygen atoms in total. The summed E-state index contributed by atoms with van der Waals surface area (Å²) in [4.78, 5) is 10.7. The second-order valence-electron chi connectivity index (χ2n) is 9.84. The molecular weight excluding hydrogens is 296 g/mol. The van der Waals surface area contributed by atoms with Gasteiger partial charge >= 0.3 is 0 Å². The van der Waals surface area contributed by atoms with Crippen LogP contribution in [0.4, 0.5) is 0 Å². The largest absolute Gasteiger partial charge is 0.234 e. The Labute approximate surface area is 151 Å². The topological polar surface area (TPSA) is 25.1 Å². The number of hydrogen-bond acceptors (Lipinski definition) is 2. The molecule has 1 aliphatic heterocycles. The van der Waals surface area contributed by atoms with Crippen LogP contribution in [0.25, 0.3) is 0 Å². The van der Waals surface area contributed by atoms with Crippen molar-refractivity contribution in [3.8, 4) is 0 Å². The lowest BCUT2D eigenvalue weighted by molar-refractivity contribution is -0.106. The van der Waals surface area contributed by atoms with Crippen molar-refractivity contribution in [1.82, 2.24) is 0 Å². The van der Waals surface area contributed by atoms with Gasteiger partial charge in [0.1, 0.15) is 0 Å². The zero-order chi connectivity index (χ0) is 17.9. The van der Waals surface area contributed by atoms with Gasteiger partial charge in [0.2, 0.25) is 5.79 Å². The van der Waals surface area contributed by atoms with Gasteiger partial charge in [0.05, 0.1) is 0 Å². The minimum Gasteiger partial charge on any atom is -0.195 e. The van der Waals surface area contributed by atoms with Crippen molar-refractivity contribution in [2.45, 2.75) is 124 Å². The van der Waals surface area contributed by atoms with Crippen LogP contribution in [0.15, 0.2) is 0 Å². The summed E-state index contributed by atoms with van der Waals surface area (Å²) in [6.45, 7) is 14.8. The Morgan fingerprint density at radius 3 is 1.42 bits per heavy atom. The number of hydrogen-bond donors (Lipinski definition) is 0. The third-order valence-electron chi connectivity index (χ3n) is 7.59. The van der Waals surface area contributed by atoms with E-state index in [1.54, 1.807) is 0 Å². The van der Waals surface area contributed by atoms with Gasteiger partial charge in [-0.05, 0) is 41.9 Å². The van der Waals surface area contributed by atoms with Crippen LogP contribution < -0.4 is 0 Å². The molecule has 2 heteroatoms. The monoisotopic (exact) mass is 338 g/mol. The first kappa shape index (κ1) is 20.2. The van der Waals surface area contributed by atoms with E-state index in [1.807, 2.05) is 0 Å². The van der Waals surface area contributed by atoms with E-state index in [0.717, 1.165) is 12.8 Å². The van der Waals surface area contributed by atoms with Crippen molar-refractivity contribution < 1.29 is 9.78 Å². The van der Waals surface area contributed by atoms with Gasteiger partial charge in [0, 0.05) is 12.8 Å². The molecule has 0 atom stereocenters. The minimum absolute atomic E-state index is 0.192. The predicted octanol–water partition coefficient (Wildman–Crippen LogP) is 7.42. The molecule has 2 aliphatic rings. The minimum atomic E-state index is -0.192. The fourth-order valence-electron chi connectivity index (χ4n) is 5.67. The van der Waals surface area contributed by atoms with Crippen LogP contribution in [-0.4, -0.2) is 5.79 Å². The van der Waals surface area contributed by atoms with E-state index in [4.69, 9.17) is 9.78 Å². The summed E-state index contributed by atoms with van der Waals surface area (Å²) in [6, 6.07) is 0. The molecule has 0 amide bonds. The van der Waals surface area contributed by atoms with Gasteiger partial charge in [-0.3, -0.25) is 0 Å². The molecule has 2 rings (SSSR count). The summed E-state index contributed by atoms with van der Waals surface area (Å²) in [5, 5.41) is 0. The van der Waals surface area contributed by atoms with E-state index in [-0.39, 0.29) is 5.79 Å². The van der Waals surface area contributed by atoms with Crippen LogP contribution in [0.3, 0.4) is 0 Å². The van der Waals surface area contributed by atoms with Gasteiger partial charge in [-0.25, -0.2) is 0 Å². The van der Waals surface area contributed by atoms with Crippen molar-refractivity contribution in [3.05, 3.63) is 0 Å². The summed E-state index contributed by atoms with van der Waals surface area (Å²) in [5.41, 5.74) is 1.17. The van der Waals surface area contributed by atoms with Gasteiger partial charge in [0.25, 0.3) is 0 Å². The summed E-state index contributed by atoms with van der Waals surface area (Å²) in [7, 11) is 0. The molecule has 1 saturated carbocycles.